The number of benzene rings is 2. The Morgan fingerprint density at radius 3 is 2.76 bits per heavy atom. The Morgan fingerprint density at radius 1 is 1.09 bits per heavy atom. The number of halogens is 1. The fourth-order valence-corrected chi connectivity index (χ4v) is 6.67. The Labute approximate surface area is 193 Å². The predicted molar refractivity (Wildman–Crippen MR) is 122 cm³/mol. The molecule has 0 spiro atoms. The van der Waals surface area contributed by atoms with E-state index < -0.39 is 27.8 Å². The van der Waals surface area contributed by atoms with E-state index >= 15 is 0 Å². The quantitative estimate of drug-likeness (QED) is 0.460. The number of carbonyl (C=O) groups excluding carboxylic acids is 1. The van der Waals surface area contributed by atoms with E-state index in [-0.39, 0.29) is 15.6 Å². The minimum Gasteiger partial charge on any atom is -0.317 e. The summed E-state index contributed by atoms with van der Waals surface area (Å²) in [5.74, 6) is -1.16. The lowest BCUT2D eigenvalue weighted by molar-refractivity contribution is 0.102. The average molecular weight is 484 g/mol. The number of para-hydroxylation sites is 2. The van der Waals surface area contributed by atoms with Crippen molar-refractivity contribution in [3.63, 3.8) is 0 Å². The van der Waals surface area contributed by atoms with Crippen LogP contribution in [0.15, 0.2) is 65.7 Å². The number of nitrogens with zero attached hydrogens (tertiary/aromatic N) is 4. The van der Waals surface area contributed by atoms with E-state index in [0.29, 0.717) is 29.9 Å². The van der Waals surface area contributed by atoms with Crippen LogP contribution in [-0.2, 0) is 10.0 Å². The molecule has 33 heavy (non-hydrogen) atoms. The smallest absolute Gasteiger partial charge is 0.286 e. The number of fused-ring (bicyclic) bond motifs is 1. The van der Waals surface area contributed by atoms with Crippen LogP contribution in [0, 0.1) is 5.82 Å². The Bertz CT molecular complexity index is 1450. The molecule has 1 atom stereocenters. The van der Waals surface area contributed by atoms with Gasteiger partial charge in [0.05, 0.1) is 17.2 Å². The van der Waals surface area contributed by atoms with Gasteiger partial charge in [-0.3, -0.25) is 9.78 Å². The standard InChI is InChI=1S/C22H18FN5O3S2/c23-15-8-1-2-9-16(15)25-20(29)22-27-26-21(32-22)17-10-5-13-28(17)33(30,31)18-11-3-6-14-7-4-12-24-19(14)18/h1-4,6-9,11-12,17H,5,10,13H2,(H,25,29)/t17-/m0/s1. The van der Waals surface area contributed by atoms with Crippen molar-refractivity contribution in [1.82, 2.24) is 19.5 Å². The summed E-state index contributed by atoms with van der Waals surface area (Å²) >= 11 is 1.00. The lowest BCUT2D eigenvalue weighted by Gasteiger charge is -2.22. The van der Waals surface area contributed by atoms with Crippen molar-refractivity contribution in [2.24, 2.45) is 0 Å². The fraction of sp³-hybridized carbons (Fsp3) is 0.182. The van der Waals surface area contributed by atoms with E-state index in [1.165, 1.54) is 22.5 Å². The number of anilines is 1. The molecule has 0 radical (unpaired) electrons. The van der Waals surface area contributed by atoms with Crippen LogP contribution in [0.3, 0.4) is 0 Å². The second-order valence-corrected chi connectivity index (χ2v) is 10.4. The lowest BCUT2D eigenvalue weighted by atomic mass is 10.2. The van der Waals surface area contributed by atoms with Crippen LogP contribution < -0.4 is 5.32 Å². The number of hydrogen-bond acceptors (Lipinski definition) is 7. The maximum atomic E-state index is 13.8. The summed E-state index contributed by atoms with van der Waals surface area (Å²) in [5.41, 5.74) is 0.445. The number of nitrogens with one attached hydrogen (secondary N) is 1. The van der Waals surface area contributed by atoms with E-state index in [1.807, 2.05) is 12.1 Å². The molecule has 11 heteroatoms. The van der Waals surface area contributed by atoms with Crippen LogP contribution in [0.5, 0.6) is 0 Å². The van der Waals surface area contributed by atoms with Crippen molar-refractivity contribution in [3.05, 3.63) is 76.6 Å². The van der Waals surface area contributed by atoms with E-state index in [0.717, 1.165) is 16.7 Å². The molecule has 8 nitrogen and oxygen atoms in total. The van der Waals surface area contributed by atoms with Gasteiger partial charge in [-0.1, -0.05) is 41.7 Å². The van der Waals surface area contributed by atoms with Crippen molar-refractivity contribution in [2.45, 2.75) is 23.8 Å². The average Bonchev–Trinajstić information content (AvgIpc) is 3.50. The third kappa shape index (κ3) is 3.99. The van der Waals surface area contributed by atoms with Crippen LogP contribution in [-0.4, -0.2) is 40.4 Å². The summed E-state index contributed by atoms with van der Waals surface area (Å²) in [7, 11) is -3.87. The first-order valence-corrected chi connectivity index (χ1v) is 12.5. The van der Waals surface area contributed by atoms with Crippen LogP contribution in [0.4, 0.5) is 10.1 Å². The molecule has 5 rings (SSSR count). The summed E-state index contributed by atoms with van der Waals surface area (Å²) in [6.07, 6.45) is 2.77. The lowest BCUT2D eigenvalue weighted by Crippen LogP contribution is -2.31. The van der Waals surface area contributed by atoms with Crippen LogP contribution in [0.25, 0.3) is 10.9 Å². The Balaban J connectivity index is 1.43. The molecule has 1 amide bonds. The van der Waals surface area contributed by atoms with Gasteiger partial charge in [-0.05, 0) is 37.1 Å². The minimum absolute atomic E-state index is 0.0318. The Kier molecular flexibility index (Phi) is 5.60. The van der Waals surface area contributed by atoms with Crippen LogP contribution >= 0.6 is 11.3 Å². The number of carbonyl (C=O) groups is 1. The van der Waals surface area contributed by atoms with Gasteiger partial charge >= 0.3 is 0 Å². The van der Waals surface area contributed by atoms with Gasteiger partial charge in [-0.25, -0.2) is 12.8 Å². The fourth-order valence-electron chi connectivity index (χ4n) is 3.88. The highest BCUT2D eigenvalue weighted by Crippen LogP contribution is 2.39. The second-order valence-electron chi connectivity index (χ2n) is 7.48. The topological polar surface area (TPSA) is 105 Å². The SMILES string of the molecule is O=C(Nc1ccccc1F)c1nnc([C@@H]2CCCN2S(=O)(=O)c2cccc3cccnc23)s1. The Hall–Kier alpha value is -3.28. The van der Waals surface area contributed by atoms with Gasteiger partial charge in [0.1, 0.15) is 15.7 Å². The van der Waals surface area contributed by atoms with Gasteiger partial charge < -0.3 is 5.32 Å². The van der Waals surface area contributed by atoms with Crippen molar-refractivity contribution >= 4 is 43.9 Å². The zero-order valence-corrected chi connectivity index (χ0v) is 18.8. The summed E-state index contributed by atoms with van der Waals surface area (Å²) < 4.78 is 42.4. The molecule has 0 bridgehead atoms. The van der Waals surface area contributed by atoms with Crippen molar-refractivity contribution in [2.75, 3.05) is 11.9 Å². The summed E-state index contributed by atoms with van der Waals surface area (Å²) in [6, 6.07) is 13.9. The van der Waals surface area contributed by atoms with Gasteiger partial charge in [-0.15, -0.1) is 10.2 Å². The van der Waals surface area contributed by atoms with Crippen LogP contribution in [0.2, 0.25) is 0 Å². The molecule has 1 fully saturated rings. The molecule has 3 heterocycles. The van der Waals surface area contributed by atoms with Crippen molar-refractivity contribution in [3.8, 4) is 0 Å². The molecular formula is C22H18FN5O3S2. The molecule has 1 saturated heterocycles. The molecule has 0 unspecified atom stereocenters. The molecule has 0 saturated carbocycles. The highest BCUT2D eigenvalue weighted by atomic mass is 32.2. The zero-order valence-electron chi connectivity index (χ0n) is 17.2. The molecular weight excluding hydrogens is 465 g/mol. The molecule has 2 aromatic carbocycles. The summed E-state index contributed by atoms with van der Waals surface area (Å²) in [5, 5.41) is 11.7. The second kappa shape index (κ2) is 8.58. The van der Waals surface area contributed by atoms with E-state index in [9.17, 15) is 17.6 Å². The first kappa shape index (κ1) is 21.6. The molecule has 1 aliphatic rings. The normalized spacial score (nSPS) is 16.8. The number of sulfonamides is 1. The van der Waals surface area contributed by atoms with Gasteiger partial charge in [-0.2, -0.15) is 4.31 Å². The zero-order chi connectivity index (χ0) is 23.0. The van der Waals surface area contributed by atoms with Gasteiger partial charge in [0.25, 0.3) is 5.91 Å². The molecule has 2 aromatic heterocycles. The van der Waals surface area contributed by atoms with E-state index in [4.69, 9.17) is 0 Å². The first-order valence-electron chi connectivity index (χ1n) is 10.2. The predicted octanol–water partition coefficient (Wildman–Crippen LogP) is 4.00. The largest absolute Gasteiger partial charge is 0.317 e. The number of aromatic nitrogens is 3. The molecule has 1 aliphatic heterocycles. The van der Waals surface area contributed by atoms with Crippen LogP contribution in [0.1, 0.15) is 33.7 Å². The minimum atomic E-state index is -3.87. The van der Waals surface area contributed by atoms with Crippen molar-refractivity contribution in [1.29, 1.82) is 0 Å². The number of rotatable bonds is 5. The van der Waals surface area contributed by atoms with E-state index in [2.05, 4.69) is 20.5 Å². The molecule has 4 aromatic rings. The van der Waals surface area contributed by atoms with E-state index in [1.54, 1.807) is 30.5 Å². The third-order valence-corrected chi connectivity index (χ3v) is 8.39. The maximum Gasteiger partial charge on any atom is 0.286 e. The summed E-state index contributed by atoms with van der Waals surface area (Å²) in [4.78, 5) is 16.9. The Morgan fingerprint density at radius 2 is 1.91 bits per heavy atom. The first-order chi connectivity index (χ1) is 15.9. The molecule has 1 N–H and O–H groups in total. The highest BCUT2D eigenvalue weighted by molar-refractivity contribution is 7.89. The monoisotopic (exact) mass is 483 g/mol. The van der Waals surface area contributed by atoms with Crippen molar-refractivity contribution < 1.29 is 17.6 Å². The summed E-state index contributed by atoms with van der Waals surface area (Å²) in [6.45, 7) is 0.326. The third-order valence-electron chi connectivity index (χ3n) is 5.43. The van der Waals surface area contributed by atoms with Gasteiger partial charge in [0.15, 0.2) is 0 Å². The highest BCUT2D eigenvalue weighted by Gasteiger charge is 2.39. The number of pyridine rings is 1. The molecule has 168 valence electrons. The van der Waals surface area contributed by atoms with Gasteiger partial charge in [0.2, 0.25) is 15.0 Å². The van der Waals surface area contributed by atoms with Gasteiger partial charge in [0, 0.05) is 18.1 Å². The number of hydrogen-bond donors (Lipinski definition) is 1. The molecule has 0 aliphatic carbocycles. The maximum absolute atomic E-state index is 13.8. The number of amides is 1.